The van der Waals surface area contributed by atoms with Crippen molar-refractivity contribution in [2.24, 2.45) is 0 Å². The lowest BCUT2D eigenvalue weighted by atomic mass is 9.93. The van der Waals surface area contributed by atoms with Gasteiger partial charge in [0.05, 0.1) is 17.5 Å². The summed E-state index contributed by atoms with van der Waals surface area (Å²) in [6.45, 7) is 4.39. The molecule has 0 aliphatic heterocycles. The minimum atomic E-state index is -3.21. The molecular weight excluding hydrogens is 430 g/mol. The van der Waals surface area contributed by atoms with Gasteiger partial charge in [0.1, 0.15) is 5.75 Å². The molecule has 1 aromatic heterocycles. The van der Waals surface area contributed by atoms with E-state index in [1.807, 2.05) is 30.5 Å². The first-order valence-electron chi connectivity index (χ1n) is 10.8. The first-order chi connectivity index (χ1) is 15.8. The maximum absolute atomic E-state index is 11.7. The molecule has 0 bridgehead atoms. The summed E-state index contributed by atoms with van der Waals surface area (Å²) in [5, 5.41) is 1.12. The number of hydrogen-bond acceptors (Lipinski definition) is 4. The number of fused-ring (bicyclic) bond motifs is 1. The first kappa shape index (κ1) is 22.7. The molecule has 4 aromatic rings. The Hall–Kier alpha value is -3.44. The SMILES string of the molecule is COc1ccc(-c2cc(C(C)C)cc3cccnc23)cc1/C=C/c1ccc(S(C)(=O)=O)cc1. The van der Waals surface area contributed by atoms with Crippen LogP contribution >= 0.6 is 0 Å². The average molecular weight is 458 g/mol. The van der Waals surface area contributed by atoms with Gasteiger partial charge in [0.15, 0.2) is 9.84 Å². The molecule has 33 heavy (non-hydrogen) atoms. The van der Waals surface area contributed by atoms with Crippen LogP contribution in [0, 0.1) is 0 Å². The van der Waals surface area contributed by atoms with E-state index in [4.69, 9.17) is 4.74 Å². The number of pyridine rings is 1. The van der Waals surface area contributed by atoms with Crippen LogP contribution in [0.15, 0.2) is 77.8 Å². The Morgan fingerprint density at radius 1 is 0.939 bits per heavy atom. The van der Waals surface area contributed by atoms with Gasteiger partial charge in [0.25, 0.3) is 0 Å². The third-order valence-electron chi connectivity index (χ3n) is 5.70. The fourth-order valence-electron chi connectivity index (χ4n) is 3.81. The van der Waals surface area contributed by atoms with E-state index in [0.717, 1.165) is 38.9 Å². The molecule has 0 atom stereocenters. The van der Waals surface area contributed by atoms with Crippen LogP contribution in [0.3, 0.4) is 0 Å². The van der Waals surface area contributed by atoms with Crippen molar-refractivity contribution in [1.82, 2.24) is 4.98 Å². The molecule has 4 nitrogen and oxygen atoms in total. The summed E-state index contributed by atoms with van der Waals surface area (Å²) in [5.74, 6) is 1.17. The fraction of sp³-hybridized carbons (Fsp3) is 0.179. The predicted octanol–water partition coefficient (Wildman–Crippen LogP) is 6.61. The first-order valence-corrected chi connectivity index (χ1v) is 12.7. The monoisotopic (exact) mass is 457 g/mol. The van der Waals surface area contributed by atoms with Gasteiger partial charge in [-0.3, -0.25) is 4.98 Å². The molecule has 0 radical (unpaired) electrons. The van der Waals surface area contributed by atoms with Gasteiger partial charge in [-0.25, -0.2) is 8.42 Å². The Bertz CT molecular complexity index is 1440. The van der Waals surface area contributed by atoms with Crippen LogP contribution in [0.25, 0.3) is 34.2 Å². The maximum atomic E-state index is 11.7. The highest BCUT2D eigenvalue weighted by atomic mass is 32.2. The van der Waals surface area contributed by atoms with E-state index < -0.39 is 9.84 Å². The Kier molecular flexibility index (Phi) is 6.34. The summed E-state index contributed by atoms with van der Waals surface area (Å²) >= 11 is 0. The Morgan fingerprint density at radius 2 is 1.70 bits per heavy atom. The van der Waals surface area contributed by atoms with Crippen molar-refractivity contribution < 1.29 is 13.2 Å². The number of aromatic nitrogens is 1. The standard InChI is InChI=1S/C28H27NO3S/c1-19(2)24-17-23-6-5-15-29-28(23)26(18-24)21-11-14-27(32-3)22(16-21)10-7-20-8-12-25(13-9-20)33(4,30)31/h5-19H,1-4H3/b10-7+. The number of hydrogen-bond donors (Lipinski definition) is 0. The third-order valence-corrected chi connectivity index (χ3v) is 6.83. The van der Waals surface area contributed by atoms with Gasteiger partial charge in [-0.2, -0.15) is 0 Å². The van der Waals surface area contributed by atoms with Crippen molar-refractivity contribution in [1.29, 1.82) is 0 Å². The van der Waals surface area contributed by atoms with E-state index in [1.54, 1.807) is 31.4 Å². The number of sulfone groups is 1. The molecule has 3 aromatic carbocycles. The molecule has 0 N–H and O–H groups in total. The van der Waals surface area contributed by atoms with Crippen LogP contribution in [0.1, 0.15) is 36.5 Å². The van der Waals surface area contributed by atoms with Gasteiger partial charge in [-0.05, 0) is 65.1 Å². The summed E-state index contributed by atoms with van der Waals surface area (Å²) in [6.07, 6.45) is 6.97. The summed E-state index contributed by atoms with van der Waals surface area (Å²) < 4.78 is 29.0. The molecule has 0 amide bonds. The van der Waals surface area contributed by atoms with Crippen LogP contribution in [0.5, 0.6) is 5.75 Å². The van der Waals surface area contributed by atoms with E-state index in [9.17, 15) is 8.42 Å². The fourth-order valence-corrected chi connectivity index (χ4v) is 4.44. The molecule has 168 valence electrons. The lowest BCUT2D eigenvalue weighted by Crippen LogP contribution is -1.96. The molecule has 4 rings (SSSR count). The van der Waals surface area contributed by atoms with Crippen LogP contribution < -0.4 is 4.74 Å². The Morgan fingerprint density at radius 3 is 2.36 bits per heavy atom. The molecular formula is C28H27NO3S. The molecule has 0 saturated carbocycles. The lowest BCUT2D eigenvalue weighted by molar-refractivity contribution is 0.414. The summed E-state index contributed by atoms with van der Waals surface area (Å²) in [4.78, 5) is 4.96. The highest BCUT2D eigenvalue weighted by Gasteiger charge is 2.12. The number of benzene rings is 3. The van der Waals surface area contributed by atoms with Gasteiger partial charge in [0, 0.05) is 29.0 Å². The third kappa shape index (κ3) is 4.99. The second-order valence-electron chi connectivity index (χ2n) is 8.43. The molecule has 0 unspecified atom stereocenters. The van der Waals surface area contributed by atoms with Crippen molar-refractivity contribution in [3.63, 3.8) is 0 Å². The minimum absolute atomic E-state index is 0.309. The number of ether oxygens (including phenoxy) is 1. The molecule has 0 aliphatic carbocycles. The largest absolute Gasteiger partial charge is 0.496 e. The number of rotatable bonds is 6. The van der Waals surface area contributed by atoms with Crippen molar-refractivity contribution in [3.05, 3.63) is 89.6 Å². The average Bonchev–Trinajstić information content (AvgIpc) is 2.81. The molecule has 0 fully saturated rings. The van der Waals surface area contributed by atoms with Crippen molar-refractivity contribution in [3.8, 4) is 16.9 Å². The van der Waals surface area contributed by atoms with Gasteiger partial charge < -0.3 is 4.74 Å². The van der Waals surface area contributed by atoms with Gasteiger partial charge in [-0.15, -0.1) is 0 Å². The highest BCUT2D eigenvalue weighted by Crippen LogP contribution is 2.34. The van der Waals surface area contributed by atoms with Crippen molar-refractivity contribution in [2.75, 3.05) is 13.4 Å². The zero-order valence-electron chi connectivity index (χ0n) is 19.2. The lowest BCUT2D eigenvalue weighted by Gasteiger charge is -2.14. The van der Waals surface area contributed by atoms with Crippen LogP contribution in [-0.4, -0.2) is 26.8 Å². The smallest absolute Gasteiger partial charge is 0.175 e. The number of methoxy groups -OCH3 is 1. The van der Waals surface area contributed by atoms with Gasteiger partial charge in [0.2, 0.25) is 0 Å². The van der Waals surface area contributed by atoms with E-state index in [0.29, 0.717) is 10.8 Å². The molecule has 0 saturated heterocycles. The zero-order chi connectivity index (χ0) is 23.6. The van der Waals surface area contributed by atoms with Crippen LogP contribution in [0.2, 0.25) is 0 Å². The quantitative estimate of drug-likeness (QED) is 0.306. The predicted molar refractivity (Wildman–Crippen MR) is 136 cm³/mol. The number of nitrogens with zero attached hydrogens (tertiary/aromatic N) is 1. The summed E-state index contributed by atoms with van der Waals surface area (Å²) in [5.41, 5.74) is 6.23. The Balaban J connectivity index is 1.77. The van der Waals surface area contributed by atoms with E-state index >= 15 is 0 Å². The van der Waals surface area contributed by atoms with Crippen molar-refractivity contribution in [2.45, 2.75) is 24.7 Å². The van der Waals surface area contributed by atoms with E-state index in [2.05, 4.69) is 49.2 Å². The highest BCUT2D eigenvalue weighted by molar-refractivity contribution is 7.90. The normalized spacial score (nSPS) is 12.0. The maximum Gasteiger partial charge on any atom is 0.175 e. The van der Waals surface area contributed by atoms with E-state index in [1.165, 1.54) is 11.8 Å². The summed E-state index contributed by atoms with van der Waals surface area (Å²) in [6, 6.07) is 21.5. The van der Waals surface area contributed by atoms with Gasteiger partial charge in [-0.1, -0.05) is 50.3 Å². The van der Waals surface area contributed by atoms with Crippen LogP contribution in [0.4, 0.5) is 0 Å². The van der Waals surface area contributed by atoms with Crippen LogP contribution in [-0.2, 0) is 9.84 Å². The summed E-state index contributed by atoms with van der Waals surface area (Å²) in [7, 11) is -1.56. The molecule has 1 heterocycles. The second-order valence-corrected chi connectivity index (χ2v) is 10.4. The zero-order valence-corrected chi connectivity index (χ0v) is 20.1. The van der Waals surface area contributed by atoms with Crippen molar-refractivity contribution >= 4 is 32.9 Å². The minimum Gasteiger partial charge on any atom is -0.496 e. The van der Waals surface area contributed by atoms with E-state index in [-0.39, 0.29) is 0 Å². The molecule has 5 heteroatoms. The van der Waals surface area contributed by atoms with Gasteiger partial charge >= 0.3 is 0 Å². The molecule has 0 spiro atoms. The second kappa shape index (κ2) is 9.20. The Labute approximate surface area is 195 Å². The topological polar surface area (TPSA) is 56.3 Å². The molecule has 0 aliphatic rings.